The van der Waals surface area contributed by atoms with Gasteiger partial charge in [0.15, 0.2) is 0 Å². The molecule has 21 heavy (non-hydrogen) atoms. The molecule has 3 atom stereocenters. The summed E-state index contributed by atoms with van der Waals surface area (Å²) in [6.45, 7) is 2.35. The molecule has 1 spiro atoms. The Morgan fingerprint density at radius 2 is 2.29 bits per heavy atom. The van der Waals surface area contributed by atoms with Crippen LogP contribution in [-0.2, 0) is 9.47 Å². The van der Waals surface area contributed by atoms with Gasteiger partial charge in [0.25, 0.3) is 0 Å². The van der Waals surface area contributed by atoms with Gasteiger partial charge in [-0.25, -0.2) is 0 Å². The van der Waals surface area contributed by atoms with Crippen molar-refractivity contribution in [2.75, 3.05) is 37.9 Å². The monoisotopic (exact) mass is 327 g/mol. The van der Waals surface area contributed by atoms with E-state index >= 15 is 0 Å². The van der Waals surface area contributed by atoms with E-state index in [9.17, 15) is 13.2 Å². The first-order valence-electron chi connectivity index (χ1n) is 7.54. The molecule has 0 amide bonds. The predicted molar refractivity (Wildman–Crippen MR) is 77.7 cm³/mol. The highest BCUT2D eigenvalue weighted by molar-refractivity contribution is 7.99. The SMILES string of the molecule is CCNC(COCC(F)(F)F)C1CCOC2(CCSC2)C1. The number of ether oxygens (including phenoxy) is 2. The number of alkyl halides is 3. The van der Waals surface area contributed by atoms with Crippen molar-refractivity contribution < 1.29 is 22.6 Å². The normalized spacial score (nSPS) is 31.7. The highest BCUT2D eigenvalue weighted by Crippen LogP contribution is 2.41. The highest BCUT2D eigenvalue weighted by atomic mass is 32.2. The van der Waals surface area contributed by atoms with Crippen molar-refractivity contribution in [1.82, 2.24) is 5.32 Å². The molecule has 2 heterocycles. The van der Waals surface area contributed by atoms with Crippen molar-refractivity contribution in [2.24, 2.45) is 5.92 Å². The molecule has 0 bridgehead atoms. The van der Waals surface area contributed by atoms with Gasteiger partial charge in [0.1, 0.15) is 6.61 Å². The molecule has 1 N–H and O–H groups in total. The maximum Gasteiger partial charge on any atom is 0.411 e. The first-order chi connectivity index (χ1) is 9.94. The Hall–Kier alpha value is 0.0200. The second-order valence-electron chi connectivity index (χ2n) is 5.88. The van der Waals surface area contributed by atoms with Gasteiger partial charge in [0, 0.05) is 18.4 Å². The molecule has 3 nitrogen and oxygen atoms in total. The maximum absolute atomic E-state index is 12.2. The van der Waals surface area contributed by atoms with Crippen LogP contribution in [0.4, 0.5) is 13.2 Å². The van der Waals surface area contributed by atoms with E-state index in [0.717, 1.165) is 37.3 Å². The van der Waals surface area contributed by atoms with E-state index in [-0.39, 0.29) is 18.2 Å². The van der Waals surface area contributed by atoms with Crippen molar-refractivity contribution in [2.45, 2.75) is 44.0 Å². The Bertz CT molecular complexity index is 322. The predicted octanol–water partition coefficient (Wildman–Crippen LogP) is 2.85. The standard InChI is InChI=1S/C14H24F3NO2S/c1-2-18-12(8-19-9-14(15,16)17)11-3-5-20-13(7-11)4-6-21-10-13/h11-12,18H,2-10H2,1H3. The third-order valence-corrected chi connectivity index (χ3v) is 5.42. The van der Waals surface area contributed by atoms with Crippen LogP contribution in [0.25, 0.3) is 0 Å². The quantitative estimate of drug-likeness (QED) is 0.813. The van der Waals surface area contributed by atoms with Gasteiger partial charge < -0.3 is 14.8 Å². The summed E-state index contributed by atoms with van der Waals surface area (Å²) < 4.78 is 47.5. The Morgan fingerprint density at radius 1 is 1.48 bits per heavy atom. The lowest BCUT2D eigenvalue weighted by Crippen LogP contribution is -2.49. The molecular weight excluding hydrogens is 303 g/mol. The maximum atomic E-state index is 12.2. The Labute approximate surface area is 128 Å². The zero-order chi connectivity index (χ0) is 15.3. The molecule has 2 fully saturated rings. The van der Waals surface area contributed by atoms with Crippen LogP contribution >= 0.6 is 11.8 Å². The van der Waals surface area contributed by atoms with Crippen LogP contribution in [-0.4, -0.2) is 55.7 Å². The summed E-state index contributed by atoms with van der Waals surface area (Å²) >= 11 is 1.90. The van der Waals surface area contributed by atoms with Gasteiger partial charge >= 0.3 is 6.18 Å². The molecule has 0 aliphatic carbocycles. The fourth-order valence-corrected chi connectivity index (χ4v) is 4.58. The number of hydrogen-bond donors (Lipinski definition) is 1. The number of thioether (sulfide) groups is 1. The van der Waals surface area contributed by atoms with Gasteiger partial charge in [-0.3, -0.25) is 0 Å². The number of halogens is 3. The van der Waals surface area contributed by atoms with Crippen LogP contribution in [0.1, 0.15) is 26.2 Å². The van der Waals surface area contributed by atoms with E-state index in [4.69, 9.17) is 9.47 Å². The lowest BCUT2D eigenvalue weighted by Gasteiger charge is -2.41. The first kappa shape index (κ1) is 17.4. The molecule has 2 aliphatic heterocycles. The van der Waals surface area contributed by atoms with Crippen LogP contribution in [0.15, 0.2) is 0 Å². The minimum Gasteiger partial charge on any atom is -0.374 e. The van der Waals surface area contributed by atoms with Crippen molar-refractivity contribution in [3.05, 3.63) is 0 Å². The van der Waals surface area contributed by atoms with E-state index in [1.807, 2.05) is 18.7 Å². The second kappa shape index (κ2) is 7.53. The van der Waals surface area contributed by atoms with Crippen molar-refractivity contribution in [3.8, 4) is 0 Å². The molecule has 0 saturated carbocycles. The Balaban J connectivity index is 1.87. The Kier molecular flexibility index (Phi) is 6.23. The zero-order valence-corrected chi connectivity index (χ0v) is 13.2. The second-order valence-corrected chi connectivity index (χ2v) is 6.99. The van der Waals surface area contributed by atoms with Crippen LogP contribution in [0, 0.1) is 5.92 Å². The van der Waals surface area contributed by atoms with Gasteiger partial charge in [-0.2, -0.15) is 24.9 Å². The first-order valence-corrected chi connectivity index (χ1v) is 8.69. The van der Waals surface area contributed by atoms with Crippen LogP contribution in [0.3, 0.4) is 0 Å². The van der Waals surface area contributed by atoms with Gasteiger partial charge in [-0.1, -0.05) is 6.92 Å². The summed E-state index contributed by atoms with van der Waals surface area (Å²) in [6.07, 6.45) is -1.39. The van der Waals surface area contributed by atoms with E-state index in [1.165, 1.54) is 0 Å². The van der Waals surface area contributed by atoms with Crippen LogP contribution < -0.4 is 5.32 Å². The van der Waals surface area contributed by atoms with Gasteiger partial charge in [0.05, 0.1) is 12.2 Å². The topological polar surface area (TPSA) is 30.5 Å². The zero-order valence-electron chi connectivity index (χ0n) is 12.4. The average Bonchev–Trinajstić information content (AvgIpc) is 2.84. The van der Waals surface area contributed by atoms with Gasteiger partial charge in [0.2, 0.25) is 0 Å². The fourth-order valence-electron chi connectivity index (χ4n) is 3.20. The van der Waals surface area contributed by atoms with E-state index in [0.29, 0.717) is 12.5 Å². The summed E-state index contributed by atoms with van der Waals surface area (Å²) in [7, 11) is 0. The molecule has 3 unspecified atom stereocenters. The summed E-state index contributed by atoms with van der Waals surface area (Å²) in [5.74, 6) is 2.44. The number of nitrogens with one attached hydrogen (secondary N) is 1. The summed E-state index contributed by atoms with van der Waals surface area (Å²) in [5, 5.41) is 3.29. The molecule has 124 valence electrons. The highest BCUT2D eigenvalue weighted by Gasteiger charge is 2.42. The molecule has 0 radical (unpaired) electrons. The lowest BCUT2D eigenvalue weighted by molar-refractivity contribution is -0.177. The van der Waals surface area contributed by atoms with Gasteiger partial charge in [-0.05, 0) is 37.5 Å². The summed E-state index contributed by atoms with van der Waals surface area (Å²) in [6, 6.07) is -0.0243. The molecule has 0 aromatic heterocycles. The Morgan fingerprint density at radius 3 is 2.90 bits per heavy atom. The molecular formula is C14H24F3NO2S. The molecule has 0 aromatic rings. The molecule has 2 saturated heterocycles. The number of rotatable bonds is 6. The van der Waals surface area contributed by atoms with Crippen molar-refractivity contribution >= 4 is 11.8 Å². The molecule has 2 rings (SSSR count). The third kappa shape index (κ3) is 5.30. The van der Waals surface area contributed by atoms with E-state index in [1.54, 1.807) is 0 Å². The largest absolute Gasteiger partial charge is 0.411 e. The van der Waals surface area contributed by atoms with Crippen LogP contribution in [0.2, 0.25) is 0 Å². The smallest absolute Gasteiger partial charge is 0.374 e. The lowest BCUT2D eigenvalue weighted by atomic mass is 9.81. The third-order valence-electron chi connectivity index (χ3n) is 4.20. The minimum atomic E-state index is -4.25. The summed E-state index contributed by atoms with van der Waals surface area (Å²) in [5.41, 5.74) is -0.0503. The van der Waals surface area contributed by atoms with Crippen LogP contribution in [0.5, 0.6) is 0 Å². The molecule has 2 aliphatic rings. The summed E-state index contributed by atoms with van der Waals surface area (Å²) in [4.78, 5) is 0. The number of likely N-dealkylation sites (N-methyl/N-ethyl adjacent to an activating group) is 1. The van der Waals surface area contributed by atoms with Crippen molar-refractivity contribution in [3.63, 3.8) is 0 Å². The minimum absolute atomic E-state index is 0.0243. The number of hydrogen-bond acceptors (Lipinski definition) is 4. The molecule has 0 aromatic carbocycles. The molecule has 7 heteroatoms. The fraction of sp³-hybridized carbons (Fsp3) is 1.00. The van der Waals surface area contributed by atoms with E-state index < -0.39 is 12.8 Å². The van der Waals surface area contributed by atoms with E-state index in [2.05, 4.69) is 5.32 Å². The van der Waals surface area contributed by atoms with Gasteiger partial charge in [-0.15, -0.1) is 0 Å². The van der Waals surface area contributed by atoms with Crippen molar-refractivity contribution in [1.29, 1.82) is 0 Å². The average molecular weight is 327 g/mol.